The lowest BCUT2D eigenvalue weighted by molar-refractivity contribution is -0.149. The third-order valence-electron chi connectivity index (χ3n) is 3.25. The highest BCUT2D eigenvalue weighted by atomic mass is 16.5. The predicted octanol–water partition coefficient (Wildman–Crippen LogP) is 0.560. The molecule has 0 spiro atoms. The molecule has 0 aromatic heterocycles. The molecule has 2 fully saturated rings. The Bertz CT molecular complexity index is 264. The van der Waals surface area contributed by atoms with Gasteiger partial charge in [0.15, 0.2) is 0 Å². The van der Waals surface area contributed by atoms with E-state index in [9.17, 15) is 9.59 Å². The standard InChI is InChI=1S/C10H15NO3/c1-14-10(13)7-2-3-8-4-5-9(12)11(8)6-7/h7-8H,2-6H2,1H3. The number of amides is 1. The minimum absolute atomic E-state index is 0.0988. The van der Waals surface area contributed by atoms with Crippen LogP contribution < -0.4 is 0 Å². The lowest BCUT2D eigenvalue weighted by Gasteiger charge is -2.33. The molecule has 14 heavy (non-hydrogen) atoms. The number of fused-ring (bicyclic) bond motifs is 1. The number of hydrogen-bond acceptors (Lipinski definition) is 3. The van der Waals surface area contributed by atoms with E-state index in [0.717, 1.165) is 19.3 Å². The highest BCUT2D eigenvalue weighted by Crippen LogP contribution is 2.30. The van der Waals surface area contributed by atoms with Crippen LogP contribution in [0, 0.1) is 5.92 Å². The molecule has 0 aromatic carbocycles. The highest BCUT2D eigenvalue weighted by molar-refractivity contribution is 5.80. The molecule has 0 radical (unpaired) electrons. The number of methoxy groups -OCH3 is 1. The van der Waals surface area contributed by atoms with Gasteiger partial charge < -0.3 is 9.64 Å². The normalized spacial score (nSPS) is 31.5. The monoisotopic (exact) mass is 197 g/mol. The van der Waals surface area contributed by atoms with E-state index < -0.39 is 0 Å². The molecule has 1 amide bonds. The number of piperidine rings is 1. The van der Waals surface area contributed by atoms with Crippen LogP contribution in [0.2, 0.25) is 0 Å². The first-order valence-corrected chi connectivity index (χ1v) is 5.09. The summed E-state index contributed by atoms with van der Waals surface area (Å²) in [7, 11) is 1.40. The molecule has 0 aliphatic carbocycles. The van der Waals surface area contributed by atoms with Gasteiger partial charge in [0.1, 0.15) is 0 Å². The summed E-state index contributed by atoms with van der Waals surface area (Å²) >= 11 is 0. The van der Waals surface area contributed by atoms with E-state index in [2.05, 4.69) is 0 Å². The maximum absolute atomic E-state index is 11.4. The second-order valence-corrected chi connectivity index (χ2v) is 4.04. The molecule has 2 saturated heterocycles. The van der Waals surface area contributed by atoms with Gasteiger partial charge in [0.2, 0.25) is 5.91 Å². The number of ether oxygens (including phenoxy) is 1. The van der Waals surface area contributed by atoms with Crippen molar-refractivity contribution >= 4 is 11.9 Å². The van der Waals surface area contributed by atoms with Crippen LogP contribution in [0.1, 0.15) is 25.7 Å². The summed E-state index contributed by atoms with van der Waals surface area (Å²) in [5.41, 5.74) is 0. The zero-order valence-electron chi connectivity index (χ0n) is 8.36. The van der Waals surface area contributed by atoms with Crippen LogP contribution in [0.4, 0.5) is 0 Å². The van der Waals surface area contributed by atoms with Crippen molar-refractivity contribution in [2.75, 3.05) is 13.7 Å². The maximum atomic E-state index is 11.4. The van der Waals surface area contributed by atoms with Gasteiger partial charge in [-0.1, -0.05) is 0 Å². The van der Waals surface area contributed by atoms with E-state index in [0.29, 0.717) is 19.0 Å². The molecule has 2 unspecified atom stereocenters. The number of esters is 1. The molecular formula is C10H15NO3. The topological polar surface area (TPSA) is 46.6 Å². The maximum Gasteiger partial charge on any atom is 0.310 e. The van der Waals surface area contributed by atoms with Crippen molar-refractivity contribution in [3.8, 4) is 0 Å². The first-order valence-electron chi connectivity index (χ1n) is 5.09. The van der Waals surface area contributed by atoms with Crippen LogP contribution in [-0.2, 0) is 14.3 Å². The molecule has 78 valence electrons. The van der Waals surface area contributed by atoms with Crippen LogP contribution in [0.3, 0.4) is 0 Å². The Hall–Kier alpha value is -1.06. The van der Waals surface area contributed by atoms with Crippen molar-refractivity contribution in [3.63, 3.8) is 0 Å². The van der Waals surface area contributed by atoms with Crippen LogP contribution in [-0.4, -0.2) is 36.5 Å². The minimum atomic E-state index is -0.178. The van der Waals surface area contributed by atoms with E-state index in [1.54, 1.807) is 0 Å². The number of hydrogen-bond donors (Lipinski definition) is 0. The van der Waals surface area contributed by atoms with Crippen molar-refractivity contribution in [2.45, 2.75) is 31.7 Å². The van der Waals surface area contributed by atoms with E-state index >= 15 is 0 Å². The Morgan fingerprint density at radius 3 is 2.93 bits per heavy atom. The summed E-state index contributed by atoms with van der Waals surface area (Å²) in [6, 6.07) is 0.392. The van der Waals surface area contributed by atoms with Gasteiger partial charge in [-0.25, -0.2) is 0 Å². The minimum Gasteiger partial charge on any atom is -0.469 e. The van der Waals surface area contributed by atoms with Crippen LogP contribution >= 0.6 is 0 Å². The van der Waals surface area contributed by atoms with Crippen molar-refractivity contribution in [1.82, 2.24) is 4.90 Å². The van der Waals surface area contributed by atoms with Gasteiger partial charge in [0.05, 0.1) is 13.0 Å². The molecule has 0 saturated carbocycles. The molecule has 4 heteroatoms. The van der Waals surface area contributed by atoms with Gasteiger partial charge in [-0.15, -0.1) is 0 Å². The highest BCUT2D eigenvalue weighted by Gasteiger charge is 2.38. The van der Waals surface area contributed by atoms with Gasteiger partial charge in [-0.05, 0) is 19.3 Å². The van der Waals surface area contributed by atoms with E-state index in [1.165, 1.54) is 7.11 Å². The fourth-order valence-corrected chi connectivity index (χ4v) is 2.43. The molecule has 2 heterocycles. The summed E-state index contributed by atoms with van der Waals surface area (Å²) in [4.78, 5) is 24.6. The second kappa shape index (κ2) is 3.59. The number of carbonyl (C=O) groups excluding carboxylic acids is 2. The first kappa shape index (κ1) is 9.49. The predicted molar refractivity (Wildman–Crippen MR) is 49.5 cm³/mol. The second-order valence-electron chi connectivity index (χ2n) is 4.04. The fraction of sp³-hybridized carbons (Fsp3) is 0.800. The zero-order chi connectivity index (χ0) is 10.1. The lowest BCUT2D eigenvalue weighted by atomic mass is 9.93. The Balaban J connectivity index is 2.01. The van der Waals surface area contributed by atoms with E-state index in [4.69, 9.17) is 4.74 Å². The number of carbonyl (C=O) groups is 2. The number of nitrogens with zero attached hydrogens (tertiary/aromatic N) is 1. The average molecular weight is 197 g/mol. The summed E-state index contributed by atoms with van der Waals surface area (Å²) in [5.74, 6) is -0.0787. The Labute approximate surface area is 83.2 Å². The largest absolute Gasteiger partial charge is 0.469 e. The molecule has 2 aliphatic rings. The van der Waals surface area contributed by atoms with Gasteiger partial charge >= 0.3 is 5.97 Å². The first-order chi connectivity index (χ1) is 6.72. The van der Waals surface area contributed by atoms with Gasteiger partial charge in [0.25, 0.3) is 0 Å². The molecular weight excluding hydrogens is 182 g/mol. The molecule has 2 aliphatic heterocycles. The van der Waals surface area contributed by atoms with Crippen molar-refractivity contribution in [1.29, 1.82) is 0 Å². The number of rotatable bonds is 1. The Morgan fingerprint density at radius 1 is 1.43 bits per heavy atom. The van der Waals surface area contributed by atoms with Crippen molar-refractivity contribution in [2.24, 2.45) is 5.92 Å². The summed E-state index contributed by atoms with van der Waals surface area (Å²) in [6.07, 6.45) is 3.43. The Kier molecular flexibility index (Phi) is 2.44. The van der Waals surface area contributed by atoms with Crippen LogP contribution in [0.25, 0.3) is 0 Å². The lowest BCUT2D eigenvalue weighted by Crippen LogP contribution is -2.44. The van der Waals surface area contributed by atoms with E-state index in [-0.39, 0.29) is 17.8 Å². The summed E-state index contributed by atoms with van der Waals surface area (Å²) in [5, 5.41) is 0. The summed E-state index contributed by atoms with van der Waals surface area (Å²) in [6.45, 7) is 0.566. The molecule has 2 atom stereocenters. The fourth-order valence-electron chi connectivity index (χ4n) is 2.43. The third kappa shape index (κ3) is 1.49. The summed E-state index contributed by atoms with van der Waals surface area (Å²) < 4.78 is 4.70. The third-order valence-corrected chi connectivity index (χ3v) is 3.25. The SMILES string of the molecule is COC(=O)C1CCC2CCC(=O)N2C1. The van der Waals surface area contributed by atoms with Crippen LogP contribution in [0.15, 0.2) is 0 Å². The van der Waals surface area contributed by atoms with E-state index in [1.807, 2.05) is 4.90 Å². The van der Waals surface area contributed by atoms with Gasteiger partial charge in [-0.3, -0.25) is 9.59 Å². The zero-order valence-corrected chi connectivity index (χ0v) is 8.36. The van der Waals surface area contributed by atoms with Gasteiger partial charge in [-0.2, -0.15) is 0 Å². The smallest absolute Gasteiger partial charge is 0.310 e. The molecule has 0 aromatic rings. The van der Waals surface area contributed by atoms with Crippen LogP contribution in [0.5, 0.6) is 0 Å². The quantitative estimate of drug-likeness (QED) is 0.577. The van der Waals surface area contributed by atoms with Crippen molar-refractivity contribution in [3.05, 3.63) is 0 Å². The Morgan fingerprint density at radius 2 is 2.21 bits per heavy atom. The molecule has 0 bridgehead atoms. The molecule has 2 rings (SSSR count). The average Bonchev–Trinajstić information content (AvgIpc) is 2.59. The van der Waals surface area contributed by atoms with Gasteiger partial charge in [0, 0.05) is 19.0 Å². The van der Waals surface area contributed by atoms with Crippen molar-refractivity contribution < 1.29 is 14.3 Å². The molecule has 4 nitrogen and oxygen atoms in total. The molecule has 0 N–H and O–H groups in total.